The zero-order valence-corrected chi connectivity index (χ0v) is 18.2. The number of amides is 3. The number of fused-ring (bicyclic) bond motifs is 1. The Morgan fingerprint density at radius 1 is 1.21 bits per heavy atom. The Morgan fingerprint density at radius 2 is 2.03 bits per heavy atom. The molecule has 1 atom stereocenters. The smallest absolute Gasteiger partial charge is 0.255 e. The molecule has 3 amide bonds. The number of hydrogen-bond donors (Lipinski definition) is 2. The second kappa shape index (κ2) is 9.52. The molecule has 2 fully saturated rings. The van der Waals surface area contributed by atoms with Crippen LogP contribution in [0.1, 0.15) is 48.0 Å². The number of carbonyl (C=O) groups is 3. The summed E-state index contributed by atoms with van der Waals surface area (Å²) in [5.41, 5.74) is 1.43. The van der Waals surface area contributed by atoms with Gasteiger partial charge in [-0.1, -0.05) is 18.2 Å². The molecule has 3 aliphatic rings. The zero-order valence-electron chi connectivity index (χ0n) is 24.2. The second-order valence-corrected chi connectivity index (χ2v) is 8.13. The summed E-state index contributed by atoms with van der Waals surface area (Å²) in [6, 6.07) is 6.97. The van der Waals surface area contributed by atoms with E-state index in [4.69, 9.17) is 13.0 Å². The maximum atomic E-state index is 15.1. The fourth-order valence-electron chi connectivity index (χ4n) is 4.17. The second-order valence-electron chi connectivity index (χ2n) is 8.13. The lowest BCUT2D eigenvalue weighted by Gasteiger charge is -2.29. The van der Waals surface area contributed by atoms with Crippen molar-refractivity contribution in [1.29, 1.82) is 0 Å². The Kier molecular flexibility index (Phi) is 4.58. The molecule has 2 aromatic carbocycles. The van der Waals surface area contributed by atoms with Crippen molar-refractivity contribution in [1.82, 2.24) is 15.1 Å². The Hall–Kier alpha value is -3.30. The van der Waals surface area contributed by atoms with Gasteiger partial charge in [0, 0.05) is 69.7 Å². The molecule has 2 saturated heterocycles. The van der Waals surface area contributed by atoms with E-state index >= 15 is 4.39 Å². The van der Waals surface area contributed by atoms with Crippen molar-refractivity contribution in [2.45, 2.75) is 38.4 Å². The molecule has 5 rings (SSSR count). The molecule has 0 aromatic heterocycles. The molecule has 3 heterocycles. The first kappa shape index (κ1) is 16.3. The number of morpholine rings is 1. The van der Waals surface area contributed by atoms with Crippen LogP contribution in [0.15, 0.2) is 36.4 Å². The molecule has 0 spiro atoms. The fourth-order valence-corrected chi connectivity index (χ4v) is 4.17. The number of piperidine rings is 1. The Labute approximate surface area is 205 Å². The SMILES string of the molecule is [2H]C([2H])(c1ccc(CNc2cccc3c2CN([C@H]2C(=O)NC(=O)C([2H])([2H])C2([2H])[2H])C3=O)c(F)c1)N1CCOCC1. The van der Waals surface area contributed by atoms with Gasteiger partial charge in [-0.15, -0.1) is 0 Å². The van der Waals surface area contributed by atoms with Crippen molar-refractivity contribution in [3.63, 3.8) is 0 Å². The van der Waals surface area contributed by atoms with Crippen LogP contribution in [-0.4, -0.2) is 59.9 Å². The number of carbonyl (C=O) groups excluding carboxylic acids is 3. The van der Waals surface area contributed by atoms with Crippen LogP contribution in [0.5, 0.6) is 0 Å². The molecular weight excluding hydrogens is 439 g/mol. The highest BCUT2D eigenvalue weighted by molar-refractivity contribution is 6.06. The highest BCUT2D eigenvalue weighted by Crippen LogP contribution is 2.32. The first-order valence-electron chi connectivity index (χ1n) is 13.9. The van der Waals surface area contributed by atoms with Gasteiger partial charge in [0.1, 0.15) is 11.9 Å². The third-order valence-electron chi connectivity index (χ3n) is 5.94. The molecule has 178 valence electrons. The predicted octanol–water partition coefficient (Wildman–Crippen LogP) is 2.03. The summed E-state index contributed by atoms with van der Waals surface area (Å²) in [6.07, 6.45) is -6.04. The number of rotatable bonds is 6. The molecule has 9 heteroatoms. The molecule has 3 aliphatic heterocycles. The van der Waals surface area contributed by atoms with E-state index in [0.717, 1.165) is 11.0 Å². The molecule has 34 heavy (non-hydrogen) atoms. The van der Waals surface area contributed by atoms with Gasteiger partial charge in [0.25, 0.3) is 5.91 Å². The summed E-state index contributed by atoms with van der Waals surface area (Å²) in [5.74, 6) is -3.84. The number of hydrogen-bond acceptors (Lipinski definition) is 6. The van der Waals surface area contributed by atoms with Crippen LogP contribution in [0.4, 0.5) is 10.1 Å². The summed E-state index contributed by atoms with van der Waals surface area (Å²) in [5, 5.41) is 4.88. The maximum absolute atomic E-state index is 15.1. The summed E-state index contributed by atoms with van der Waals surface area (Å²) in [4.78, 5) is 40.2. The van der Waals surface area contributed by atoms with Gasteiger partial charge in [0.2, 0.25) is 11.8 Å². The quantitative estimate of drug-likeness (QED) is 0.626. The van der Waals surface area contributed by atoms with Crippen LogP contribution in [0.25, 0.3) is 0 Å². The topological polar surface area (TPSA) is 91.0 Å². The van der Waals surface area contributed by atoms with Gasteiger partial charge in [-0.25, -0.2) is 4.39 Å². The maximum Gasteiger partial charge on any atom is 0.255 e. The molecule has 2 N–H and O–H groups in total. The third-order valence-corrected chi connectivity index (χ3v) is 5.94. The third kappa shape index (κ3) is 4.53. The Bertz CT molecular complexity index is 1390. The fraction of sp³-hybridized carbons (Fsp3) is 0.400. The largest absolute Gasteiger partial charge is 0.381 e. The van der Waals surface area contributed by atoms with Gasteiger partial charge < -0.3 is 15.0 Å². The minimum atomic E-state index is -3.05. The highest BCUT2D eigenvalue weighted by Gasteiger charge is 2.39. The zero-order chi connectivity index (χ0) is 29.0. The van der Waals surface area contributed by atoms with E-state index in [1.165, 1.54) is 18.2 Å². The summed E-state index contributed by atoms with van der Waals surface area (Å²) in [6.45, 7) is -0.564. The van der Waals surface area contributed by atoms with Crippen LogP contribution >= 0.6 is 0 Å². The molecule has 0 bridgehead atoms. The molecule has 0 saturated carbocycles. The van der Waals surface area contributed by atoms with E-state index in [-0.39, 0.29) is 29.8 Å². The van der Waals surface area contributed by atoms with Crippen LogP contribution in [-0.2, 0) is 33.9 Å². The van der Waals surface area contributed by atoms with Crippen LogP contribution in [0.2, 0.25) is 0 Å². The van der Waals surface area contributed by atoms with Crippen molar-refractivity contribution in [2.75, 3.05) is 31.6 Å². The highest BCUT2D eigenvalue weighted by atomic mass is 19.1. The number of nitrogens with zero attached hydrogens (tertiary/aromatic N) is 2. The average molecular weight is 473 g/mol. The molecule has 0 radical (unpaired) electrons. The van der Waals surface area contributed by atoms with Gasteiger partial charge in [0.15, 0.2) is 0 Å². The predicted molar refractivity (Wildman–Crippen MR) is 122 cm³/mol. The number of ether oxygens (including phenoxy) is 1. The monoisotopic (exact) mass is 472 g/mol. The lowest BCUT2D eigenvalue weighted by atomic mass is 10.0. The van der Waals surface area contributed by atoms with Crippen LogP contribution < -0.4 is 10.6 Å². The first-order chi connectivity index (χ1) is 18.8. The van der Waals surface area contributed by atoms with Crippen molar-refractivity contribution in [2.24, 2.45) is 0 Å². The molecule has 8 nitrogen and oxygen atoms in total. The Balaban J connectivity index is 1.34. The minimum Gasteiger partial charge on any atom is -0.381 e. The van der Waals surface area contributed by atoms with Crippen molar-refractivity contribution in [3.8, 4) is 0 Å². The molecule has 2 aromatic rings. The van der Waals surface area contributed by atoms with Gasteiger partial charge >= 0.3 is 0 Å². The van der Waals surface area contributed by atoms with Crippen molar-refractivity contribution < 1.29 is 31.7 Å². The van der Waals surface area contributed by atoms with E-state index in [9.17, 15) is 14.4 Å². The summed E-state index contributed by atoms with van der Waals surface area (Å²) >= 11 is 0. The number of anilines is 1. The van der Waals surface area contributed by atoms with E-state index in [1.54, 1.807) is 17.0 Å². The van der Waals surface area contributed by atoms with Crippen molar-refractivity contribution in [3.05, 3.63) is 64.5 Å². The lowest BCUT2D eigenvalue weighted by Crippen LogP contribution is -2.52. The van der Waals surface area contributed by atoms with Crippen molar-refractivity contribution >= 4 is 23.4 Å². The normalized spacial score (nSPS) is 26.9. The van der Waals surface area contributed by atoms with Gasteiger partial charge in [-0.3, -0.25) is 24.6 Å². The van der Waals surface area contributed by atoms with E-state index in [0.29, 0.717) is 37.6 Å². The molecule has 0 aliphatic carbocycles. The molecule has 0 unspecified atom stereocenters. The summed E-state index contributed by atoms with van der Waals surface area (Å²) in [7, 11) is 0. The van der Waals surface area contributed by atoms with Crippen LogP contribution in [0.3, 0.4) is 0 Å². The van der Waals surface area contributed by atoms with E-state index < -0.39 is 48.8 Å². The number of nitrogens with one attached hydrogen (secondary N) is 2. The lowest BCUT2D eigenvalue weighted by molar-refractivity contribution is -0.136. The standard InChI is InChI=1S/C25H27FN4O4/c26-20-12-16(14-29-8-10-34-11-9-29)4-5-17(20)13-27-21-3-1-2-18-19(21)15-30(25(18)33)22-6-7-23(31)28-24(22)32/h1-5,12,22,27H,6-11,13-15H2,(H,28,31,32)/t22-/m1/s1/i6D2,7D2,14D2. The summed E-state index contributed by atoms with van der Waals surface area (Å²) < 4.78 is 69.5. The Morgan fingerprint density at radius 3 is 2.82 bits per heavy atom. The van der Waals surface area contributed by atoms with Gasteiger partial charge in [-0.2, -0.15) is 0 Å². The van der Waals surface area contributed by atoms with Gasteiger partial charge in [-0.05, 0) is 30.1 Å². The van der Waals surface area contributed by atoms with E-state index in [1.807, 2.05) is 5.32 Å². The van der Waals surface area contributed by atoms with Gasteiger partial charge in [0.05, 0.1) is 13.2 Å². The number of benzene rings is 2. The van der Waals surface area contributed by atoms with Crippen LogP contribution in [0, 0.1) is 5.82 Å². The number of halogens is 1. The first-order valence-corrected chi connectivity index (χ1v) is 10.9. The molecular formula is C25H27FN4O4. The van der Waals surface area contributed by atoms with E-state index in [2.05, 4.69) is 5.32 Å². The number of imide groups is 1. The minimum absolute atomic E-state index is 0.0148. The average Bonchev–Trinajstić information content (AvgIpc) is 3.23.